The van der Waals surface area contributed by atoms with Crippen LogP contribution in [0.3, 0.4) is 0 Å². The van der Waals surface area contributed by atoms with E-state index >= 15 is 0 Å². The molecule has 0 unspecified atom stereocenters. The topological polar surface area (TPSA) is 58.0 Å². The van der Waals surface area contributed by atoms with Gasteiger partial charge in [0.1, 0.15) is 11.4 Å². The van der Waals surface area contributed by atoms with Crippen LogP contribution in [0.15, 0.2) is 78.9 Å². The van der Waals surface area contributed by atoms with Gasteiger partial charge in [0.15, 0.2) is 0 Å². The third-order valence-corrected chi connectivity index (χ3v) is 8.52. The van der Waals surface area contributed by atoms with Gasteiger partial charge in [-0.25, -0.2) is 0 Å². The van der Waals surface area contributed by atoms with E-state index in [1.807, 2.05) is 95.6 Å². The number of likely N-dealkylation sites (N-methyl/N-ethyl adjacent to an activating group) is 1. The number of amides is 2. The Morgan fingerprint density at radius 3 is 2.41 bits per heavy atom. The van der Waals surface area contributed by atoms with Gasteiger partial charge in [-0.2, -0.15) is 0 Å². The van der Waals surface area contributed by atoms with Crippen LogP contribution in [0.2, 0.25) is 0 Å². The molecule has 1 aromatic heterocycles. The summed E-state index contributed by atoms with van der Waals surface area (Å²) in [6.45, 7) is 4.44. The van der Waals surface area contributed by atoms with Gasteiger partial charge in [0, 0.05) is 41.6 Å². The number of likely N-dealkylation sites (tertiary alicyclic amines) is 1. The highest BCUT2D eigenvalue weighted by atomic mass is 16.5. The molecule has 0 aliphatic carbocycles. The summed E-state index contributed by atoms with van der Waals surface area (Å²) in [7, 11) is 5.80. The lowest BCUT2D eigenvalue weighted by Crippen LogP contribution is -2.35. The van der Waals surface area contributed by atoms with Crippen LogP contribution in [0.1, 0.15) is 44.1 Å². The number of benzene rings is 3. The monoisotopic (exact) mass is 548 g/mol. The normalized spacial score (nSPS) is 16.4. The van der Waals surface area contributed by atoms with Crippen molar-refractivity contribution in [3.05, 3.63) is 107 Å². The number of para-hydroxylation sites is 2. The number of carbonyl (C=O) groups is 2. The molecule has 7 heteroatoms. The van der Waals surface area contributed by atoms with Crippen LogP contribution in [0, 0.1) is 6.92 Å². The number of hydrogen-bond donors (Lipinski definition) is 0. The summed E-state index contributed by atoms with van der Waals surface area (Å²) < 4.78 is 7.66. The molecule has 2 aliphatic heterocycles. The van der Waals surface area contributed by atoms with E-state index in [1.165, 1.54) is 0 Å². The lowest BCUT2D eigenvalue weighted by molar-refractivity contribution is 0.0772. The quantitative estimate of drug-likeness (QED) is 0.333. The predicted octanol–water partition coefficient (Wildman–Crippen LogP) is 5.46. The van der Waals surface area contributed by atoms with Crippen LogP contribution in [-0.4, -0.2) is 66.5 Å². The molecule has 1 saturated heterocycles. The summed E-state index contributed by atoms with van der Waals surface area (Å²) in [5.41, 5.74) is 7.17. The molecule has 6 rings (SSSR count). The predicted molar refractivity (Wildman–Crippen MR) is 162 cm³/mol. The molecule has 0 bridgehead atoms. The summed E-state index contributed by atoms with van der Waals surface area (Å²) in [5, 5.41) is 0. The number of fused-ring (bicyclic) bond motifs is 2. The number of nitrogens with zero attached hydrogens (tertiary/aromatic N) is 4. The molecule has 0 N–H and O–H groups in total. The Morgan fingerprint density at radius 2 is 1.66 bits per heavy atom. The van der Waals surface area contributed by atoms with Gasteiger partial charge in [0.2, 0.25) is 0 Å². The van der Waals surface area contributed by atoms with Crippen molar-refractivity contribution in [2.24, 2.45) is 0 Å². The zero-order valence-corrected chi connectivity index (χ0v) is 24.1. The standard InChI is InChI=1S/C34H36N4O3/c1-23-19-24(13-15-28(23)29-10-6-8-12-32(29)41-4)33(39)38-22-27-14-16-31(34(40)36-18-17-26(21-36)35(2)3)37(27)20-25-9-5-7-11-30(25)38/h5-16,19,26H,17-18,20-22H2,1-4H3/t26-/m1/s1. The first-order valence-corrected chi connectivity index (χ1v) is 14.1. The molecule has 1 fully saturated rings. The van der Waals surface area contributed by atoms with Gasteiger partial charge in [-0.1, -0.05) is 42.5 Å². The molecule has 210 valence electrons. The van der Waals surface area contributed by atoms with E-state index in [0.717, 1.165) is 58.9 Å². The number of aryl methyl sites for hydroxylation is 1. The molecule has 4 aromatic rings. The Bertz CT molecular complexity index is 1620. The number of anilines is 1. The molecule has 3 heterocycles. The van der Waals surface area contributed by atoms with Crippen LogP contribution in [-0.2, 0) is 13.1 Å². The molecule has 2 aliphatic rings. The Hall–Kier alpha value is -4.36. The van der Waals surface area contributed by atoms with E-state index in [9.17, 15) is 9.59 Å². The lowest BCUT2D eigenvalue weighted by atomic mass is 9.97. The average Bonchev–Trinajstić information content (AvgIpc) is 3.60. The molecule has 41 heavy (non-hydrogen) atoms. The Balaban J connectivity index is 1.32. The second-order valence-corrected chi connectivity index (χ2v) is 11.2. The summed E-state index contributed by atoms with van der Waals surface area (Å²) in [6.07, 6.45) is 0.979. The highest BCUT2D eigenvalue weighted by molar-refractivity contribution is 6.07. The second kappa shape index (κ2) is 10.9. The average molecular weight is 549 g/mol. The molecule has 7 nitrogen and oxygen atoms in total. The number of aromatic nitrogens is 1. The number of methoxy groups -OCH3 is 1. The van der Waals surface area contributed by atoms with Gasteiger partial charge in [0.25, 0.3) is 11.8 Å². The zero-order chi connectivity index (χ0) is 28.7. The van der Waals surface area contributed by atoms with Crippen molar-refractivity contribution >= 4 is 17.5 Å². The van der Waals surface area contributed by atoms with Crippen LogP contribution in [0.5, 0.6) is 5.75 Å². The maximum absolute atomic E-state index is 14.1. The van der Waals surface area contributed by atoms with Crippen molar-refractivity contribution in [3.63, 3.8) is 0 Å². The van der Waals surface area contributed by atoms with E-state index in [2.05, 4.69) is 23.6 Å². The molecule has 1 atom stereocenters. The van der Waals surface area contributed by atoms with Gasteiger partial charge in [-0.05, 0) is 80.5 Å². The Morgan fingerprint density at radius 1 is 0.878 bits per heavy atom. The minimum atomic E-state index is -0.0666. The van der Waals surface area contributed by atoms with E-state index in [-0.39, 0.29) is 11.8 Å². The van der Waals surface area contributed by atoms with Crippen LogP contribution < -0.4 is 9.64 Å². The largest absolute Gasteiger partial charge is 0.496 e. The molecule has 0 saturated carbocycles. The number of rotatable bonds is 5. The summed E-state index contributed by atoms with van der Waals surface area (Å²) >= 11 is 0. The smallest absolute Gasteiger partial charge is 0.270 e. The summed E-state index contributed by atoms with van der Waals surface area (Å²) in [6, 6.07) is 26.1. The van der Waals surface area contributed by atoms with Crippen molar-refractivity contribution in [2.45, 2.75) is 32.5 Å². The molecular weight excluding hydrogens is 512 g/mol. The number of hydrogen-bond acceptors (Lipinski definition) is 4. The highest BCUT2D eigenvalue weighted by Gasteiger charge is 2.32. The van der Waals surface area contributed by atoms with Gasteiger partial charge in [-0.15, -0.1) is 0 Å². The highest BCUT2D eigenvalue weighted by Crippen LogP contribution is 2.34. The third kappa shape index (κ3) is 4.91. The van der Waals surface area contributed by atoms with Crippen molar-refractivity contribution in [1.29, 1.82) is 0 Å². The Labute approximate surface area is 241 Å². The van der Waals surface area contributed by atoms with Crippen molar-refractivity contribution in [1.82, 2.24) is 14.4 Å². The van der Waals surface area contributed by atoms with Gasteiger partial charge in [0.05, 0.1) is 20.2 Å². The molecule has 2 amide bonds. The zero-order valence-electron chi connectivity index (χ0n) is 24.1. The number of ether oxygens (including phenoxy) is 1. The number of carbonyl (C=O) groups excluding carboxylic acids is 2. The first-order chi connectivity index (χ1) is 19.9. The fraction of sp³-hybridized carbons (Fsp3) is 0.294. The van der Waals surface area contributed by atoms with Gasteiger partial charge < -0.3 is 24.0 Å². The first-order valence-electron chi connectivity index (χ1n) is 14.1. The fourth-order valence-electron chi connectivity index (χ4n) is 6.16. The third-order valence-electron chi connectivity index (χ3n) is 8.52. The second-order valence-electron chi connectivity index (χ2n) is 11.2. The minimum Gasteiger partial charge on any atom is -0.496 e. The molecular formula is C34H36N4O3. The molecule has 3 aromatic carbocycles. The van der Waals surface area contributed by atoms with Crippen molar-refractivity contribution in [3.8, 4) is 16.9 Å². The maximum atomic E-state index is 14.1. The fourth-order valence-corrected chi connectivity index (χ4v) is 6.16. The lowest BCUT2D eigenvalue weighted by Gasteiger charge is -2.23. The molecule has 0 radical (unpaired) electrons. The van der Waals surface area contributed by atoms with E-state index in [4.69, 9.17) is 4.74 Å². The van der Waals surface area contributed by atoms with Gasteiger partial charge in [-0.3, -0.25) is 9.59 Å². The van der Waals surface area contributed by atoms with Crippen LogP contribution >= 0.6 is 0 Å². The first kappa shape index (κ1) is 26.8. The summed E-state index contributed by atoms with van der Waals surface area (Å²) in [5.74, 6) is 0.789. The minimum absolute atomic E-state index is 0.0559. The van der Waals surface area contributed by atoms with E-state index in [0.29, 0.717) is 30.4 Å². The van der Waals surface area contributed by atoms with Crippen molar-refractivity contribution < 1.29 is 14.3 Å². The van der Waals surface area contributed by atoms with Crippen LogP contribution in [0.25, 0.3) is 11.1 Å². The van der Waals surface area contributed by atoms with E-state index < -0.39 is 0 Å². The SMILES string of the molecule is COc1ccccc1-c1ccc(C(=O)N2Cc3ccc(C(=O)N4CC[C@@H](N(C)C)C4)n3Cc3ccccc32)cc1C. The molecule has 0 spiro atoms. The Kier molecular flexibility index (Phi) is 7.14. The maximum Gasteiger partial charge on any atom is 0.270 e. The van der Waals surface area contributed by atoms with Crippen LogP contribution in [0.4, 0.5) is 5.69 Å². The van der Waals surface area contributed by atoms with Gasteiger partial charge >= 0.3 is 0 Å². The summed E-state index contributed by atoms with van der Waals surface area (Å²) in [4.78, 5) is 33.7. The van der Waals surface area contributed by atoms with Crippen molar-refractivity contribution in [2.75, 3.05) is 39.2 Å². The van der Waals surface area contributed by atoms with E-state index in [1.54, 1.807) is 7.11 Å².